The molecule has 1 aliphatic carbocycles. The van der Waals surface area contributed by atoms with Gasteiger partial charge in [0.05, 0.1) is 13.2 Å². The highest BCUT2D eigenvalue weighted by molar-refractivity contribution is 6.04. The van der Waals surface area contributed by atoms with Crippen LogP contribution in [0, 0.1) is 6.92 Å². The van der Waals surface area contributed by atoms with Crippen molar-refractivity contribution < 1.29 is 9.47 Å². The summed E-state index contributed by atoms with van der Waals surface area (Å²) in [6, 6.07) is 19.5. The molecular formula is C22H20O2. The zero-order valence-electron chi connectivity index (χ0n) is 13.8. The van der Waals surface area contributed by atoms with Crippen LogP contribution in [0.15, 0.2) is 54.6 Å². The van der Waals surface area contributed by atoms with Crippen molar-refractivity contribution in [1.29, 1.82) is 0 Å². The highest BCUT2D eigenvalue weighted by atomic mass is 16.7. The largest absolute Gasteiger partial charge is 0.342 e. The monoisotopic (exact) mass is 316 g/mol. The molecule has 0 radical (unpaired) electrons. The van der Waals surface area contributed by atoms with E-state index < -0.39 is 5.79 Å². The van der Waals surface area contributed by atoms with Gasteiger partial charge in [0.2, 0.25) is 5.79 Å². The van der Waals surface area contributed by atoms with E-state index in [0.29, 0.717) is 0 Å². The van der Waals surface area contributed by atoms with Crippen LogP contribution in [-0.2, 0) is 15.3 Å². The van der Waals surface area contributed by atoms with Gasteiger partial charge in [-0.1, -0.05) is 54.6 Å². The lowest BCUT2D eigenvalue weighted by atomic mass is 9.78. The molecule has 3 aromatic carbocycles. The van der Waals surface area contributed by atoms with E-state index >= 15 is 0 Å². The molecule has 24 heavy (non-hydrogen) atoms. The van der Waals surface area contributed by atoms with Crippen LogP contribution in [0.4, 0.5) is 0 Å². The number of hydrogen-bond donors (Lipinski definition) is 0. The van der Waals surface area contributed by atoms with E-state index in [1.54, 1.807) is 0 Å². The van der Waals surface area contributed by atoms with E-state index in [2.05, 4.69) is 61.5 Å². The lowest BCUT2D eigenvalue weighted by Gasteiger charge is -2.39. The lowest BCUT2D eigenvalue weighted by Crippen LogP contribution is -2.36. The molecule has 1 aliphatic heterocycles. The van der Waals surface area contributed by atoms with Crippen LogP contribution < -0.4 is 0 Å². The van der Waals surface area contributed by atoms with Gasteiger partial charge in [-0.25, -0.2) is 0 Å². The average Bonchev–Trinajstić information content (AvgIpc) is 2.88. The summed E-state index contributed by atoms with van der Waals surface area (Å²) in [7, 11) is 0. The van der Waals surface area contributed by atoms with Crippen LogP contribution in [0.25, 0.3) is 21.9 Å². The SMILES string of the molecule is Cc1ccc2c3c(cccc13)-c1ccccc1C21OCCCCO1. The molecule has 0 N–H and O–H groups in total. The van der Waals surface area contributed by atoms with Crippen molar-refractivity contribution in [2.45, 2.75) is 25.6 Å². The summed E-state index contributed by atoms with van der Waals surface area (Å²) in [6.07, 6.45) is 2.08. The van der Waals surface area contributed by atoms with Crippen LogP contribution in [0.3, 0.4) is 0 Å². The highest BCUT2D eigenvalue weighted by Crippen LogP contribution is 2.51. The van der Waals surface area contributed by atoms with Gasteiger partial charge >= 0.3 is 0 Å². The summed E-state index contributed by atoms with van der Waals surface area (Å²) in [5.41, 5.74) is 6.08. The van der Waals surface area contributed by atoms with E-state index in [4.69, 9.17) is 9.47 Å². The van der Waals surface area contributed by atoms with Crippen molar-refractivity contribution in [2.24, 2.45) is 0 Å². The van der Waals surface area contributed by atoms with Gasteiger partial charge in [-0.15, -0.1) is 0 Å². The number of fused-ring (bicyclic) bond motifs is 4. The van der Waals surface area contributed by atoms with E-state index in [9.17, 15) is 0 Å². The van der Waals surface area contributed by atoms with Crippen molar-refractivity contribution in [3.8, 4) is 11.1 Å². The second-order valence-electron chi connectivity index (χ2n) is 6.72. The molecular weight excluding hydrogens is 296 g/mol. The van der Waals surface area contributed by atoms with E-state index in [-0.39, 0.29) is 0 Å². The van der Waals surface area contributed by atoms with Gasteiger partial charge in [-0.05, 0) is 47.2 Å². The Hall–Kier alpha value is -2.16. The Bertz CT molecular complexity index is 934. The predicted molar refractivity (Wildman–Crippen MR) is 96.0 cm³/mol. The van der Waals surface area contributed by atoms with Crippen LogP contribution >= 0.6 is 0 Å². The Balaban J connectivity index is 1.95. The van der Waals surface area contributed by atoms with Gasteiger partial charge in [0, 0.05) is 11.1 Å². The predicted octanol–water partition coefficient (Wildman–Crippen LogP) is 5.16. The molecule has 0 atom stereocenters. The average molecular weight is 316 g/mol. The molecule has 1 fully saturated rings. The molecule has 0 saturated carbocycles. The Kier molecular flexibility index (Phi) is 3.06. The molecule has 0 bridgehead atoms. The van der Waals surface area contributed by atoms with Crippen molar-refractivity contribution in [3.63, 3.8) is 0 Å². The first-order valence-corrected chi connectivity index (χ1v) is 8.72. The number of rotatable bonds is 0. The minimum atomic E-state index is -0.770. The maximum absolute atomic E-state index is 6.42. The van der Waals surface area contributed by atoms with Crippen LogP contribution in [0.5, 0.6) is 0 Å². The van der Waals surface area contributed by atoms with Gasteiger partial charge in [0.25, 0.3) is 0 Å². The van der Waals surface area contributed by atoms with E-state index in [1.807, 2.05) is 0 Å². The second-order valence-corrected chi connectivity index (χ2v) is 6.72. The highest BCUT2D eigenvalue weighted by Gasteiger charge is 2.44. The lowest BCUT2D eigenvalue weighted by molar-refractivity contribution is -0.203. The molecule has 1 saturated heterocycles. The molecule has 1 spiro atoms. The van der Waals surface area contributed by atoms with Crippen molar-refractivity contribution in [2.75, 3.05) is 13.2 Å². The molecule has 2 aliphatic rings. The number of ether oxygens (including phenoxy) is 2. The molecule has 1 heterocycles. The molecule has 3 aromatic rings. The van der Waals surface area contributed by atoms with Gasteiger partial charge in [-0.3, -0.25) is 0 Å². The molecule has 5 rings (SSSR count). The number of benzene rings is 3. The van der Waals surface area contributed by atoms with Gasteiger partial charge in [0.15, 0.2) is 0 Å². The van der Waals surface area contributed by atoms with Crippen molar-refractivity contribution >= 4 is 10.8 Å². The van der Waals surface area contributed by atoms with E-state index in [0.717, 1.165) is 37.2 Å². The summed E-state index contributed by atoms with van der Waals surface area (Å²) >= 11 is 0. The quantitative estimate of drug-likeness (QED) is 0.570. The minimum absolute atomic E-state index is 0.728. The van der Waals surface area contributed by atoms with Crippen molar-refractivity contribution in [1.82, 2.24) is 0 Å². The summed E-state index contributed by atoms with van der Waals surface area (Å²) in [4.78, 5) is 0. The zero-order valence-corrected chi connectivity index (χ0v) is 13.8. The van der Waals surface area contributed by atoms with E-state index in [1.165, 1.54) is 27.5 Å². The van der Waals surface area contributed by atoms with Gasteiger partial charge in [-0.2, -0.15) is 0 Å². The van der Waals surface area contributed by atoms with Crippen molar-refractivity contribution in [3.05, 3.63) is 71.3 Å². The Morgan fingerprint density at radius 1 is 0.750 bits per heavy atom. The summed E-state index contributed by atoms with van der Waals surface area (Å²) < 4.78 is 12.8. The molecule has 0 aromatic heterocycles. The summed E-state index contributed by atoms with van der Waals surface area (Å²) in [5.74, 6) is -0.770. The Morgan fingerprint density at radius 3 is 2.33 bits per heavy atom. The first-order valence-electron chi connectivity index (χ1n) is 8.72. The van der Waals surface area contributed by atoms with Crippen LogP contribution in [0.2, 0.25) is 0 Å². The first kappa shape index (κ1) is 14.2. The number of hydrogen-bond acceptors (Lipinski definition) is 2. The fourth-order valence-electron chi connectivity index (χ4n) is 4.19. The van der Waals surface area contributed by atoms with Gasteiger partial charge in [0.1, 0.15) is 0 Å². The van der Waals surface area contributed by atoms with Crippen LogP contribution in [-0.4, -0.2) is 13.2 Å². The summed E-state index contributed by atoms with van der Waals surface area (Å²) in [5, 5.41) is 2.56. The third-order valence-corrected chi connectivity index (χ3v) is 5.33. The fourth-order valence-corrected chi connectivity index (χ4v) is 4.19. The molecule has 0 amide bonds. The Labute approximate surface area is 142 Å². The third-order valence-electron chi connectivity index (χ3n) is 5.33. The van der Waals surface area contributed by atoms with Crippen LogP contribution in [0.1, 0.15) is 29.5 Å². The molecule has 0 unspecified atom stereocenters. The Morgan fingerprint density at radius 2 is 1.50 bits per heavy atom. The topological polar surface area (TPSA) is 18.5 Å². The first-order chi connectivity index (χ1) is 11.8. The molecule has 2 heteroatoms. The minimum Gasteiger partial charge on any atom is -0.342 e. The summed E-state index contributed by atoms with van der Waals surface area (Å²) in [6.45, 7) is 3.63. The maximum Gasteiger partial charge on any atom is 0.223 e. The normalized spacial score (nSPS) is 18.4. The van der Waals surface area contributed by atoms with Gasteiger partial charge < -0.3 is 9.47 Å². The zero-order chi connectivity index (χ0) is 16.1. The smallest absolute Gasteiger partial charge is 0.223 e. The second kappa shape index (κ2) is 5.17. The maximum atomic E-state index is 6.42. The molecule has 120 valence electrons. The number of aryl methyl sites for hydroxylation is 1. The fraction of sp³-hybridized carbons (Fsp3) is 0.273. The molecule has 2 nitrogen and oxygen atoms in total. The standard InChI is InChI=1S/C22H20O2/c1-15-11-12-20-21-16(15)8-6-9-18(21)17-7-2-3-10-19(17)22(20)23-13-4-5-14-24-22/h2-3,6-12H,4-5,13-14H2,1H3. The third kappa shape index (κ3) is 1.78.